The SMILES string of the molecule is Cc1c(N2CCC(C(C)N)C2)c(F)cn2c(=O)[nH]c(=O)c(C3CC3)c12. The lowest BCUT2D eigenvalue weighted by Gasteiger charge is -2.24. The van der Waals surface area contributed by atoms with Crippen LogP contribution in [0.2, 0.25) is 0 Å². The van der Waals surface area contributed by atoms with E-state index in [0.717, 1.165) is 25.8 Å². The molecule has 0 bridgehead atoms. The monoisotopic (exact) mass is 346 g/mol. The Hall–Kier alpha value is -2.15. The van der Waals surface area contributed by atoms with Gasteiger partial charge in [-0.3, -0.25) is 14.2 Å². The molecule has 2 aliphatic rings. The number of rotatable bonds is 3. The summed E-state index contributed by atoms with van der Waals surface area (Å²) in [7, 11) is 0. The van der Waals surface area contributed by atoms with Gasteiger partial charge in [0.1, 0.15) is 0 Å². The molecule has 0 amide bonds. The highest BCUT2D eigenvalue weighted by atomic mass is 19.1. The standard InChI is InChI=1S/C18H23FN4O2/c1-9-15(22-6-5-12(7-22)10(2)20)13(19)8-23-16(9)14(11-3-4-11)17(24)21-18(23)25/h8,10-12H,3-7,20H2,1-2H3,(H,21,24,25). The fraction of sp³-hybridized carbons (Fsp3) is 0.556. The number of halogens is 1. The van der Waals surface area contributed by atoms with Gasteiger partial charge in [0.15, 0.2) is 5.82 Å². The molecule has 3 heterocycles. The number of aromatic amines is 1. The van der Waals surface area contributed by atoms with Crippen molar-refractivity contribution >= 4 is 11.2 Å². The molecule has 4 rings (SSSR count). The van der Waals surface area contributed by atoms with Crippen LogP contribution in [0.1, 0.15) is 43.2 Å². The number of aryl methyl sites for hydroxylation is 1. The maximum Gasteiger partial charge on any atom is 0.333 e. The fourth-order valence-electron chi connectivity index (χ4n) is 4.09. The Balaban J connectivity index is 1.93. The number of aromatic nitrogens is 2. The first-order valence-electron chi connectivity index (χ1n) is 8.86. The van der Waals surface area contributed by atoms with E-state index >= 15 is 0 Å². The summed E-state index contributed by atoms with van der Waals surface area (Å²) < 4.78 is 16.1. The van der Waals surface area contributed by atoms with Gasteiger partial charge in [-0.2, -0.15) is 0 Å². The van der Waals surface area contributed by atoms with Gasteiger partial charge in [0.25, 0.3) is 5.56 Å². The predicted molar refractivity (Wildman–Crippen MR) is 94.9 cm³/mol. The molecule has 0 radical (unpaired) electrons. The van der Waals surface area contributed by atoms with E-state index in [1.165, 1.54) is 10.6 Å². The van der Waals surface area contributed by atoms with E-state index in [-0.39, 0.29) is 17.5 Å². The van der Waals surface area contributed by atoms with Crippen molar-refractivity contribution < 1.29 is 4.39 Å². The summed E-state index contributed by atoms with van der Waals surface area (Å²) in [5.41, 5.74) is 7.41. The summed E-state index contributed by atoms with van der Waals surface area (Å²) in [6.07, 6.45) is 3.99. The van der Waals surface area contributed by atoms with Gasteiger partial charge in [0.2, 0.25) is 0 Å². The molecule has 1 aliphatic carbocycles. The maximum atomic E-state index is 14.9. The average molecular weight is 346 g/mol. The number of anilines is 1. The summed E-state index contributed by atoms with van der Waals surface area (Å²) in [6, 6.07) is 0.0568. The van der Waals surface area contributed by atoms with Crippen molar-refractivity contribution in [1.82, 2.24) is 9.38 Å². The highest BCUT2D eigenvalue weighted by molar-refractivity contribution is 5.72. The minimum absolute atomic E-state index is 0.0568. The van der Waals surface area contributed by atoms with Crippen LogP contribution in [-0.2, 0) is 0 Å². The number of pyridine rings is 1. The van der Waals surface area contributed by atoms with Crippen LogP contribution in [-0.4, -0.2) is 28.5 Å². The molecule has 2 aromatic rings. The van der Waals surface area contributed by atoms with Crippen LogP contribution in [0.25, 0.3) is 5.52 Å². The number of H-pyrrole nitrogens is 1. The van der Waals surface area contributed by atoms with Crippen LogP contribution in [0.4, 0.5) is 10.1 Å². The van der Waals surface area contributed by atoms with Gasteiger partial charge in [0.05, 0.1) is 17.4 Å². The third kappa shape index (κ3) is 2.57. The molecule has 134 valence electrons. The van der Waals surface area contributed by atoms with E-state index < -0.39 is 11.5 Å². The Morgan fingerprint density at radius 1 is 1.32 bits per heavy atom. The van der Waals surface area contributed by atoms with E-state index in [9.17, 15) is 14.0 Å². The molecule has 0 spiro atoms. The summed E-state index contributed by atoms with van der Waals surface area (Å²) in [6.45, 7) is 5.20. The molecule has 25 heavy (non-hydrogen) atoms. The van der Waals surface area contributed by atoms with Crippen molar-refractivity contribution in [3.63, 3.8) is 0 Å². The molecule has 1 saturated heterocycles. The summed E-state index contributed by atoms with van der Waals surface area (Å²) in [5, 5.41) is 0. The molecule has 3 N–H and O–H groups in total. The normalized spacial score (nSPS) is 21.9. The van der Waals surface area contributed by atoms with Gasteiger partial charge in [-0.25, -0.2) is 9.18 Å². The number of nitrogens with two attached hydrogens (primary N) is 1. The first-order valence-corrected chi connectivity index (χ1v) is 8.86. The predicted octanol–water partition coefficient (Wildman–Crippen LogP) is 1.49. The van der Waals surface area contributed by atoms with Crippen LogP contribution >= 0.6 is 0 Å². The van der Waals surface area contributed by atoms with Crippen LogP contribution in [0.5, 0.6) is 0 Å². The van der Waals surface area contributed by atoms with Crippen LogP contribution < -0.4 is 21.9 Å². The molecule has 6 nitrogen and oxygen atoms in total. The summed E-state index contributed by atoms with van der Waals surface area (Å²) >= 11 is 0. The average Bonchev–Trinajstić information content (AvgIpc) is 3.25. The smallest absolute Gasteiger partial charge is 0.333 e. The second-order valence-corrected chi connectivity index (χ2v) is 7.47. The second kappa shape index (κ2) is 5.69. The van der Waals surface area contributed by atoms with Crippen molar-refractivity contribution in [2.75, 3.05) is 18.0 Å². The Morgan fingerprint density at radius 2 is 2.04 bits per heavy atom. The minimum Gasteiger partial charge on any atom is -0.368 e. The van der Waals surface area contributed by atoms with Gasteiger partial charge in [-0.05, 0) is 44.9 Å². The molecule has 1 saturated carbocycles. The summed E-state index contributed by atoms with van der Waals surface area (Å²) in [5.74, 6) is 0.0391. The van der Waals surface area contributed by atoms with E-state index in [1.807, 2.05) is 11.8 Å². The minimum atomic E-state index is -0.590. The summed E-state index contributed by atoms with van der Waals surface area (Å²) in [4.78, 5) is 28.9. The van der Waals surface area contributed by atoms with Crippen molar-refractivity contribution in [1.29, 1.82) is 0 Å². The highest BCUT2D eigenvalue weighted by Gasteiger charge is 2.33. The zero-order valence-corrected chi connectivity index (χ0v) is 14.5. The Morgan fingerprint density at radius 3 is 2.64 bits per heavy atom. The largest absolute Gasteiger partial charge is 0.368 e. The van der Waals surface area contributed by atoms with Gasteiger partial charge >= 0.3 is 5.69 Å². The maximum absolute atomic E-state index is 14.9. The molecule has 7 heteroatoms. The molecule has 2 atom stereocenters. The Labute approximate surface area is 144 Å². The second-order valence-electron chi connectivity index (χ2n) is 7.47. The van der Waals surface area contributed by atoms with E-state index in [1.54, 1.807) is 6.92 Å². The first-order chi connectivity index (χ1) is 11.9. The third-order valence-electron chi connectivity index (χ3n) is 5.63. The number of nitrogens with zero attached hydrogens (tertiary/aromatic N) is 2. The van der Waals surface area contributed by atoms with Crippen LogP contribution in [0.3, 0.4) is 0 Å². The molecule has 2 fully saturated rings. The zero-order valence-electron chi connectivity index (χ0n) is 14.5. The van der Waals surface area contributed by atoms with E-state index in [4.69, 9.17) is 5.73 Å². The lowest BCUT2D eigenvalue weighted by atomic mass is 10.0. The van der Waals surface area contributed by atoms with Crippen molar-refractivity contribution in [3.8, 4) is 0 Å². The highest BCUT2D eigenvalue weighted by Crippen LogP contribution is 2.42. The van der Waals surface area contributed by atoms with E-state index in [0.29, 0.717) is 34.8 Å². The lowest BCUT2D eigenvalue weighted by Crippen LogP contribution is -2.32. The van der Waals surface area contributed by atoms with Crippen molar-refractivity contribution in [3.05, 3.63) is 44.0 Å². The lowest BCUT2D eigenvalue weighted by molar-refractivity contribution is 0.487. The van der Waals surface area contributed by atoms with Crippen molar-refractivity contribution in [2.45, 2.75) is 45.1 Å². The Bertz CT molecular complexity index is 958. The topological polar surface area (TPSA) is 83.6 Å². The van der Waals surface area contributed by atoms with Gasteiger partial charge in [0, 0.05) is 30.3 Å². The molecule has 0 aromatic carbocycles. The molecule has 2 unspecified atom stereocenters. The van der Waals surface area contributed by atoms with E-state index in [2.05, 4.69) is 4.98 Å². The zero-order chi connectivity index (χ0) is 17.9. The number of hydrogen-bond acceptors (Lipinski definition) is 4. The third-order valence-corrected chi connectivity index (χ3v) is 5.63. The van der Waals surface area contributed by atoms with Gasteiger partial charge in [-0.1, -0.05) is 0 Å². The van der Waals surface area contributed by atoms with Crippen LogP contribution in [0.15, 0.2) is 15.8 Å². The van der Waals surface area contributed by atoms with Gasteiger partial charge < -0.3 is 10.6 Å². The number of fused-ring (bicyclic) bond motifs is 1. The first kappa shape index (κ1) is 16.3. The molecule has 2 aromatic heterocycles. The number of nitrogens with one attached hydrogen (secondary N) is 1. The van der Waals surface area contributed by atoms with Gasteiger partial charge in [-0.15, -0.1) is 0 Å². The molecular formula is C18H23FN4O2. The number of hydrogen-bond donors (Lipinski definition) is 2. The quantitative estimate of drug-likeness (QED) is 0.882. The molecule has 1 aliphatic heterocycles. The molecular weight excluding hydrogens is 323 g/mol. The fourth-order valence-corrected chi connectivity index (χ4v) is 4.09. The Kier molecular flexibility index (Phi) is 3.72. The van der Waals surface area contributed by atoms with Crippen molar-refractivity contribution in [2.24, 2.45) is 11.7 Å². The van der Waals surface area contributed by atoms with Crippen LogP contribution in [0, 0.1) is 18.7 Å².